The van der Waals surface area contributed by atoms with E-state index in [1.54, 1.807) is 0 Å². The summed E-state index contributed by atoms with van der Waals surface area (Å²) in [5.41, 5.74) is 0. The summed E-state index contributed by atoms with van der Waals surface area (Å²) in [5, 5.41) is 0. The molecule has 0 heterocycles. The van der Waals surface area contributed by atoms with E-state index in [-0.39, 0.29) is 51.4 Å². The van der Waals surface area contributed by atoms with Gasteiger partial charge in [0.1, 0.15) is 0 Å². The van der Waals surface area contributed by atoms with Crippen molar-refractivity contribution in [1.82, 2.24) is 0 Å². The molecular formula is KO5V2. The quantitative estimate of drug-likeness (QED) is 0.378. The third kappa shape index (κ3) is 84.2. The van der Waals surface area contributed by atoms with Crippen LogP contribution >= 0.6 is 0 Å². The van der Waals surface area contributed by atoms with Gasteiger partial charge < -0.3 is 0 Å². The molecular weight excluding hydrogens is 221 g/mol. The van der Waals surface area contributed by atoms with Crippen LogP contribution in [0.15, 0.2) is 0 Å². The van der Waals surface area contributed by atoms with Gasteiger partial charge in [0.15, 0.2) is 0 Å². The topological polar surface area (TPSA) is 103 Å². The maximum atomic E-state index is 8.61. The van der Waals surface area contributed by atoms with Gasteiger partial charge in [-0.1, -0.05) is 0 Å². The molecule has 0 atom stereocenters. The molecule has 0 bridgehead atoms. The van der Waals surface area contributed by atoms with Gasteiger partial charge in [-0.2, -0.15) is 0 Å². The summed E-state index contributed by atoms with van der Waals surface area (Å²) >= 11 is -4.81. The molecule has 8 heavy (non-hydrogen) atoms. The van der Waals surface area contributed by atoms with Crippen molar-refractivity contribution in [1.29, 1.82) is 0 Å². The van der Waals surface area contributed by atoms with E-state index < -0.39 is 15.0 Å². The zero-order chi connectivity index (χ0) is 6.50. The van der Waals surface area contributed by atoms with Crippen LogP contribution in [0.3, 0.4) is 0 Å². The molecule has 0 N–H and O–H groups in total. The zero-order valence-corrected chi connectivity index (χ0v) is 9.85. The second kappa shape index (κ2) is 9.29. The van der Waals surface area contributed by atoms with Crippen molar-refractivity contribution in [3.63, 3.8) is 0 Å². The fourth-order valence-electron chi connectivity index (χ4n) is 0. The van der Waals surface area contributed by atoms with Crippen LogP contribution in [-0.2, 0) is 39.7 Å². The summed E-state index contributed by atoms with van der Waals surface area (Å²) < 4.78 is 42.6. The van der Waals surface area contributed by atoms with Gasteiger partial charge in [-0.3, -0.25) is 0 Å². The van der Waals surface area contributed by atoms with Crippen molar-refractivity contribution in [2.24, 2.45) is 0 Å². The Balaban J connectivity index is -0.0000000750. The third-order valence-corrected chi connectivity index (χ3v) is 0. The summed E-state index contributed by atoms with van der Waals surface area (Å²) in [4.78, 5) is 0. The van der Waals surface area contributed by atoms with E-state index in [1.165, 1.54) is 0 Å². The van der Waals surface area contributed by atoms with E-state index in [9.17, 15) is 0 Å². The summed E-state index contributed by atoms with van der Waals surface area (Å²) in [6, 6.07) is 0. The Morgan fingerprint density at radius 2 is 1.12 bits per heavy atom. The van der Waals surface area contributed by atoms with Crippen LogP contribution in [0.1, 0.15) is 0 Å². The molecule has 0 saturated carbocycles. The normalized spacial score (nSPS) is 8.12. The van der Waals surface area contributed by atoms with Gasteiger partial charge >= 0.3 is 103 Å². The Hall–Kier alpha value is 2.29. The molecule has 8 heteroatoms. The van der Waals surface area contributed by atoms with Gasteiger partial charge in [-0.25, -0.2) is 0 Å². The van der Waals surface area contributed by atoms with Gasteiger partial charge in [0, 0.05) is 0 Å². The fourth-order valence-corrected chi connectivity index (χ4v) is 0. The first kappa shape index (κ1) is 16.7. The van der Waals surface area contributed by atoms with E-state index in [4.69, 9.17) is 19.4 Å². The summed E-state index contributed by atoms with van der Waals surface area (Å²) in [6.45, 7) is 0. The monoisotopic (exact) mass is 221 g/mol. The number of hydrogen-bond donors (Lipinski definition) is 0. The van der Waals surface area contributed by atoms with Gasteiger partial charge in [-0.15, -0.1) is 0 Å². The van der Waals surface area contributed by atoms with Gasteiger partial charge in [0.2, 0.25) is 0 Å². The molecule has 0 radical (unpaired) electrons. The molecule has 0 unspecified atom stereocenters. The molecule has 5 nitrogen and oxygen atoms in total. The zero-order valence-electron chi connectivity index (χ0n) is 3.94. The molecule has 0 saturated heterocycles. The minimum absolute atomic E-state index is 0. The first-order valence-corrected chi connectivity index (χ1v) is 3.76. The molecule has 0 aromatic carbocycles. The van der Waals surface area contributed by atoms with Crippen LogP contribution in [0.4, 0.5) is 0 Å². The predicted molar refractivity (Wildman–Crippen MR) is 1.37 cm³/mol. The average molecular weight is 221 g/mol. The molecule has 0 aliphatic heterocycles. The first-order chi connectivity index (χ1) is 3.00. The van der Waals surface area contributed by atoms with Gasteiger partial charge in [-0.05, 0) is 0 Å². The summed E-state index contributed by atoms with van der Waals surface area (Å²) in [6.07, 6.45) is 0. The first-order valence-electron chi connectivity index (χ1n) is 0.913. The number of rotatable bonds is 0. The Bertz CT molecular complexity index is 66.2. The van der Waals surface area contributed by atoms with Crippen molar-refractivity contribution in [2.45, 2.75) is 0 Å². The van der Waals surface area contributed by atoms with Crippen LogP contribution in [0.2, 0.25) is 0 Å². The van der Waals surface area contributed by atoms with Gasteiger partial charge in [0.05, 0.1) is 0 Å². The molecule has 0 aliphatic rings. The van der Waals surface area contributed by atoms with Crippen molar-refractivity contribution in [3.8, 4) is 0 Å². The average Bonchev–Trinajstić information content (AvgIpc) is 1.36. The van der Waals surface area contributed by atoms with Crippen LogP contribution < -0.4 is 63.5 Å². The van der Waals surface area contributed by atoms with E-state index in [2.05, 4.69) is 0 Å². The molecule has 0 amide bonds. The van der Waals surface area contributed by atoms with E-state index in [0.717, 1.165) is 17.4 Å². The Kier molecular flexibility index (Phi) is 19.4. The second-order valence-corrected chi connectivity index (χ2v) is 1.84. The second-order valence-electron chi connectivity index (χ2n) is 0.447. The van der Waals surface area contributed by atoms with Crippen molar-refractivity contribution in [2.75, 3.05) is 0 Å². The van der Waals surface area contributed by atoms with Crippen LogP contribution in [0, 0.1) is 0 Å². The van der Waals surface area contributed by atoms with E-state index in [1.807, 2.05) is 0 Å². The van der Waals surface area contributed by atoms with Crippen molar-refractivity contribution < 1.29 is 103 Å². The Labute approximate surface area is 101 Å². The predicted octanol–water partition coefficient (Wildman–Crippen LogP) is -6.81. The Morgan fingerprint density at radius 3 is 1.12 bits per heavy atom. The van der Waals surface area contributed by atoms with Crippen molar-refractivity contribution in [3.05, 3.63) is 0 Å². The molecule has 0 aromatic rings. The standard InChI is InChI=1S/K.5O.2V/q+1;;;3*-1;;+2. The molecule has 0 rings (SSSR count). The SMILES string of the molecule is [K+].[O]=[V+2].[O]=[V]([O-])([O-])[O-]. The van der Waals surface area contributed by atoms with E-state index in [0.29, 0.717) is 0 Å². The van der Waals surface area contributed by atoms with Gasteiger partial charge in [0.25, 0.3) is 0 Å². The number of hydrogen-bond acceptors (Lipinski definition) is 5. The van der Waals surface area contributed by atoms with E-state index >= 15 is 0 Å². The molecule has 0 aromatic heterocycles. The van der Waals surface area contributed by atoms with Crippen LogP contribution in [0.25, 0.3) is 0 Å². The molecule has 0 aliphatic carbocycles. The third-order valence-electron chi connectivity index (χ3n) is 0. The van der Waals surface area contributed by atoms with Crippen LogP contribution in [-0.4, -0.2) is 0 Å². The maximum absolute atomic E-state index is 8.61. The van der Waals surface area contributed by atoms with Crippen molar-refractivity contribution >= 4 is 0 Å². The minimum atomic E-state index is -5.88. The summed E-state index contributed by atoms with van der Waals surface area (Å²) in [5.74, 6) is 0. The molecule has 41 valence electrons. The summed E-state index contributed by atoms with van der Waals surface area (Å²) in [7, 11) is 0. The molecule has 0 spiro atoms. The Morgan fingerprint density at radius 1 is 1.12 bits per heavy atom. The fraction of sp³-hybridized carbons (Fsp3) is 0. The van der Waals surface area contributed by atoms with Crippen LogP contribution in [0.5, 0.6) is 0 Å². The molecule has 0 fully saturated rings.